The van der Waals surface area contributed by atoms with Crippen LogP contribution < -0.4 is 5.32 Å². The predicted molar refractivity (Wildman–Crippen MR) is 106 cm³/mol. The molecule has 2 aromatic carbocycles. The highest BCUT2D eigenvalue weighted by Gasteiger charge is 2.24. The zero-order chi connectivity index (χ0) is 20.2. The van der Waals surface area contributed by atoms with Crippen LogP contribution in [0, 0.1) is 13.8 Å². The number of ether oxygens (including phenoxy) is 1. The number of carboxylic acids is 1. The third-order valence-corrected chi connectivity index (χ3v) is 4.15. The Labute approximate surface area is 160 Å². The Morgan fingerprint density at radius 1 is 1.04 bits per heavy atom. The van der Waals surface area contributed by atoms with Gasteiger partial charge in [-0.1, -0.05) is 42.5 Å². The van der Waals surface area contributed by atoms with E-state index in [-0.39, 0.29) is 6.42 Å². The van der Waals surface area contributed by atoms with Crippen LogP contribution in [0.3, 0.4) is 0 Å². The van der Waals surface area contributed by atoms with E-state index in [1.807, 2.05) is 37.3 Å². The first kappa shape index (κ1) is 20.5. The SMILES string of the molecule is Cc1ccccc1-c1ccc(C[C@H](NC(=O)OC(C)(C)C)C(=O)O)cc1C. The summed E-state index contributed by atoms with van der Waals surface area (Å²) in [5.74, 6) is -1.10. The van der Waals surface area contributed by atoms with Crippen molar-refractivity contribution >= 4 is 12.1 Å². The van der Waals surface area contributed by atoms with Gasteiger partial charge >= 0.3 is 12.1 Å². The monoisotopic (exact) mass is 369 g/mol. The summed E-state index contributed by atoms with van der Waals surface area (Å²) in [5, 5.41) is 11.9. The highest BCUT2D eigenvalue weighted by molar-refractivity contribution is 5.80. The van der Waals surface area contributed by atoms with Gasteiger partial charge in [0.15, 0.2) is 0 Å². The average Bonchev–Trinajstić information content (AvgIpc) is 2.53. The van der Waals surface area contributed by atoms with Gasteiger partial charge in [0.2, 0.25) is 0 Å². The number of carbonyl (C=O) groups excluding carboxylic acids is 1. The lowest BCUT2D eigenvalue weighted by atomic mass is 9.94. The fraction of sp³-hybridized carbons (Fsp3) is 0.364. The van der Waals surface area contributed by atoms with Crippen molar-refractivity contribution in [3.05, 3.63) is 59.2 Å². The number of carboxylic acid groups (broad SMARTS) is 1. The summed E-state index contributed by atoms with van der Waals surface area (Å²) in [4.78, 5) is 23.5. The minimum Gasteiger partial charge on any atom is -0.480 e. The standard InChI is InChI=1S/C22H27NO4/c1-14-8-6-7-9-17(14)18-11-10-16(12-15(18)2)13-19(20(24)25)23-21(26)27-22(3,4)5/h6-12,19H,13H2,1-5H3,(H,23,26)(H,24,25)/t19-/m0/s1. The minimum atomic E-state index is -1.10. The maximum atomic E-state index is 11.9. The van der Waals surface area contributed by atoms with Crippen molar-refractivity contribution in [3.63, 3.8) is 0 Å². The molecule has 0 bridgehead atoms. The number of rotatable bonds is 5. The lowest BCUT2D eigenvalue weighted by Gasteiger charge is -2.22. The van der Waals surface area contributed by atoms with Crippen LogP contribution in [0.2, 0.25) is 0 Å². The third-order valence-electron chi connectivity index (χ3n) is 4.15. The first-order chi connectivity index (χ1) is 12.6. The molecule has 2 aromatic rings. The molecular formula is C22H27NO4. The number of hydrogen-bond donors (Lipinski definition) is 2. The second-order valence-corrected chi connectivity index (χ2v) is 7.71. The van der Waals surface area contributed by atoms with E-state index in [1.54, 1.807) is 20.8 Å². The van der Waals surface area contributed by atoms with E-state index < -0.39 is 23.7 Å². The highest BCUT2D eigenvalue weighted by Crippen LogP contribution is 2.27. The number of aliphatic carboxylic acids is 1. The Kier molecular flexibility index (Phi) is 6.26. The molecule has 1 amide bonds. The second kappa shape index (κ2) is 8.25. The molecule has 2 N–H and O–H groups in total. The Morgan fingerprint density at radius 3 is 2.22 bits per heavy atom. The zero-order valence-corrected chi connectivity index (χ0v) is 16.5. The molecule has 0 saturated carbocycles. The summed E-state index contributed by atoms with van der Waals surface area (Å²) < 4.78 is 5.16. The Bertz CT molecular complexity index is 836. The van der Waals surface area contributed by atoms with Gasteiger partial charge in [-0.2, -0.15) is 0 Å². The molecule has 0 fully saturated rings. The van der Waals surface area contributed by atoms with Crippen LogP contribution in [0.15, 0.2) is 42.5 Å². The molecule has 5 nitrogen and oxygen atoms in total. The first-order valence-corrected chi connectivity index (χ1v) is 8.94. The molecule has 5 heteroatoms. The minimum absolute atomic E-state index is 0.184. The van der Waals surface area contributed by atoms with Crippen LogP contribution in [0.1, 0.15) is 37.5 Å². The highest BCUT2D eigenvalue weighted by atomic mass is 16.6. The molecule has 0 aliphatic heterocycles. The summed E-state index contributed by atoms with van der Waals surface area (Å²) in [6, 6.07) is 13.0. The van der Waals surface area contributed by atoms with E-state index in [4.69, 9.17) is 4.74 Å². The fourth-order valence-corrected chi connectivity index (χ4v) is 2.92. The van der Waals surface area contributed by atoms with Crippen LogP contribution in [-0.2, 0) is 16.0 Å². The normalized spacial score (nSPS) is 12.3. The molecule has 0 aromatic heterocycles. The summed E-state index contributed by atoms with van der Waals surface area (Å²) in [6.45, 7) is 9.26. The van der Waals surface area contributed by atoms with Crippen LogP contribution in [0.25, 0.3) is 11.1 Å². The van der Waals surface area contributed by atoms with Crippen LogP contribution >= 0.6 is 0 Å². The number of hydrogen-bond acceptors (Lipinski definition) is 3. The van der Waals surface area contributed by atoms with Gasteiger partial charge < -0.3 is 15.2 Å². The van der Waals surface area contributed by atoms with Crippen LogP contribution in [-0.4, -0.2) is 28.8 Å². The van der Waals surface area contributed by atoms with Crippen LogP contribution in [0.5, 0.6) is 0 Å². The largest absolute Gasteiger partial charge is 0.480 e. The predicted octanol–water partition coefficient (Wildman–Crippen LogP) is 4.49. The van der Waals surface area contributed by atoms with Crippen molar-refractivity contribution in [2.45, 2.75) is 52.7 Å². The van der Waals surface area contributed by atoms with Crippen molar-refractivity contribution in [3.8, 4) is 11.1 Å². The van der Waals surface area contributed by atoms with E-state index in [0.29, 0.717) is 0 Å². The number of alkyl carbamates (subject to hydrolysis) is 1. The van der Waals surface area contributed by atoms with Crippen molar-refractivity contribution in [1.29, 1.82) is 0 Å². The van der Waals surface area contributed by atoms with E-state index >= 15 is 0 Å². The molecule has 2 rings (SSSR count). The molecule has 144 valence electrons. The maximum absolute atomic E-state index is 11.9. The average molecular weight is 369 g/mol. The molecule has 0 radical (unpaired) electrons. The number of nitrogens with one attached hydrogen (secondary N) is 1. The summed E-state index contributed by atoms with van der Waals surface area (Å²) >= 11 is 0. The Balaban J connectivity index is 2.17. The van der Waals surface area contributed by atoms with Crippen molar-refractivity contribution in [2.75, 3.05) is 0 Å². The molecule has 0 aliphatic carbocycles. The maximum Gasteiger partial charge on any atom is 0.408 e. The zero-order valence-electron chi connectivity index (χ0n) is 16.5. The van der Waals surface area contributed by atoms with Gasteiger partial charge in [0.1, 0.15) is 11.6 Å². The second-order valence-electron chi connectivity index (χ2n) is 7.71. The smallest absolute Gasteiger partial charge is 0.408 e. The van der Waals surface area contributed by atoms with E-state index in [0.717, 1.165) is 22.3 Å². The Morgan fingerprint density at radius 2 is 1.67 bits per heavy atom. The van der Waals surface area contributed by atoms with Gasteiger partial charge in [-0.3, -0.25) is 0 Å². The topological polar surface area (TPSA) is 75.6 Å². The van der Waals surface area contributed by atoms with Crippen molar-refractivity contribution in [2.24, 2.45) is 0 Å². The molecular weight excluding hydrogens is 342 g/mol. The molecule has 1 atom stereocenters. The van der Waals surface area contributed by atoms with E-state index in [2.05, 4.69) is 24.4 Å². The summed E-state index contributed by atoms with van der Waals surface area (Å²) in [6.07, 6.45) is -0.549. The van der Waals surface area contributed by atoms with Gasteiger partial charge in [-0.15, -0.1) is 0 Å². The molecule has 27 heavy (non-hydrogen) atoms. The van der Waals surface area contributed by atoms with Gasteiger partial charge in [-0.05, 0) is 62.4 Å². The Hall–Kier alpha value is -2.82. The summed E-state index contributed by atoms with van der Waals surface area (Å²) in [5.41, 5.74) is 4.67. The van der Waals surface area contributed by atoms with Gasteiger partial charge in [-0.25, -0.2) is 9.59 Å². The van der Waals surface area contributed by atoms with Gasteiger partial charge in [0.25, 0.3) is 0 Å². The lowest BCUT2D eigenvalue weighted by Crippen LogP contribution is -2.44. The van der Waals surface area contributed by atoms with E-state index in [9.17, 15) is 14.7 Å². The number of carbonyl (C=O) groups is 2. The number of aryl methyl sites for hydroxylation is 2. The molecule has 0 aliphatic rings. The molecule has 0 saturated heterocycles. The summed E-state index contributed by atoms with van der Waals surface area (Å²) in [7, 11) is 0. The quantitative estimate of drug-likeness (QED) is 0.814. The van der Waals surface area contributed by atoms with Gasteiger partial charge in [0, 0.05) is 6.42 Å². The lowest BCUT2D eigenvalue weighted by molar-refractivity contribution is -0.139. The first-order valence-electron chi connectivity index (χ1n) is 8.94. The number of benzene rings is 2. The van der Waals surface area contributed by atoms with Crippen molar-refractivity contribution < 1.29 is 19.4 Å². The van der Waals surface area contributed by atoms with Crippen LogP contribution in [0.4, 0.5) is 4.79 Å². The van der Waals surface area contributed by atoms with Gasteiger partial charge in [0.05, 0.1) is 0 Å². The molecule has 0 unspecified atom stereocenters. The van der Waals surface area contributed by atoms with Crippen molar-refractivity contribution in [1.82, 2.24) is 5.32 Å². The van der Waals surface area contributed by atoms with E-state index in [1.165, 1.54) is 5.56 Å². The molecule has 0 spiro atoms. The fourth-order valence-electron chi connectivity index (χ4n) is 2.92. The third kappa shape index (κ3) is 5.84. The molecule has 0 heterocycles. The number of amides is 1.